The number of allylic oxidation sites excluding steroid dienone is 2. The van der Waals surface area contributed by atoms with Crippen molar-refractivity contribution >= 4 is 21.7 Å². The predicted molar refractivity (Wildman–Crippen MR) is 59.7 cm³/mol. The van der Waals surface area contributed by atoms with Crippen molar-refractivity contribution in [2.24, 2.45) is 0 Å². The quantitative estimate of drug-likeness (QED) is 0.732. The molecule has 1 aliphatic rings. The van der Waals surface area contributed by atoms with Crippen LogP contribution in [0.3, 0.4) is 0 Å². The second-order valence-electron chi connectivity index (χ2n) is 3.56. The fourth-order valence-corrected chi connectivity index (χ4v) is 1.95. The number of carbonyl (C=O) groups is 2. The highest BCUT2D eigenvalue weighted by Gasteiger charge is 2.20. The van der Waals surface area contributed by atoms with E-state index < -0.39 is 10.1 Å². The first-order chi connectivity index (χ1) is 7.87. The third kappa shape index (κ3) is 2.42. The maximum Gasteiger partial charge on any atom is 0.306 e. The second-order valence-corrected chi connectivity index (χ2v) is 5.13. The van der Waals surface area contributed by atoms with Crippen LogP contribution in [0.5, 0.6) is 5.75 Å². The minimum Gasteiger partial charge on any atom is -0.383 e. The maximum atomic E-state index is 11.5. The molecule has 0 atom stereocenters. The summed E-state index contributed by atoms with van der Waals surface area (Å²) < 4.78 is 26.5. The van der Waals surface area contributed by atoms with Gasteiger partial charge in [0.05, 0.1) is 6.26 Å². The zero-order valence-electron chi connectivity index (χ0n) is 8.84. The zero-order valence-corrected chi connectivity index (χ0v) is 9.65. The zero-order chi connectivity index (χ0) is 12.6. The highest BCUT2D eigenvalue weighted by molar-refractivity contribution is 7.86. The van der Waals surface area contributed by atoms with Crippen molar-refractivity contribution in [2.45, 2.75) is 0 Å². The summed E-state index contributed by atoms with van der Waals surface area (Å²) >= 11 is 0. The van der Waals surface area contributed by atoms with Gasteiger partial charge >= 0.3 is 10.1 Å². The van der Waals surface area contributed by atoms with Gasteiger partial charge in [0, 0.05) is 11.1 Å². The third-order valence-corrected chi connectivity index (χ3v) is 2.65. The van der Waals surface area contributed by atoms with Gasteiger partial charge in [-0.3, -0.25) is 9.59 Å². The highest BCUT2D eigenvalue weighted by atomic mass is 32.2. The first-order valence-electron chi connectivity index (χ1n) is 4.67. The van der Waals surface area contributed by atoms with Crippen LogP contribution in [0, 0.1) is 0 Å². The van der Waals surface area contributed by atoms with Gasteiger partial charge in [0.25, 0.3) is 0 Å². The van der Waals surface area contributed by atoms with E-state index in [2.05, 4.69) is 4.18 Å². The molecule has 0 saturated heterocycles. The Labute approximate surface area is 97.8 Å². The molecule has 0 fully saturated rings. The van der Waals surface area contributed by atoms with Crippen molar-refractivity contribution in [3.8, 4) is 5.75 Å². The number of hydrogen-bond donors (Lipinski definition) is 0. The molecule has 0 aromatic heterocycles. The Balaban J connectivity index is 2.48. The Bertz CT molecular complexity index is 640. The van der Waals surface area contributed by atoms with Gasteiger partial charge < -0.3 is 4.18 Å². The summed E-state index contributed by atoms with van der Waals surface area (Å²) in [7, 11) is -3.65. The van der Waals surface area contributed by atoms with E-state index in [0.29, 0.717) is 0 Å². The van der Waals surface area contributed by atoms with Gasteiger partial charge in [0.2, 0.25) is 0 Å². The van der Waals surface area contributed by atoms with E-state index in [1.807, 2.05) is 0 Å². The number of hydrogen-bond acceptors (Lipinski definition) is 5. The fourth-order valence-electron chi connectivity index (χ4n) is 1.50. The van der Waals surface area contributed by atoms with Gasteiger partial charge in [-0.15, -0.1) is 0 Å². The lowest BCUT2D eigenvalue weighted by Crippen LogP contribution is -2.12. The summed E-state index contributed by atoms with van der Waals surface area (Å²) in [5.41, 5.74) is 0.400. The van der Waals surface area contributed by atoms with Gasteiger partial charge in [0.1, 0.15) is 5.75 Å². The molecule has 0 heterocycles. The largest absolute Gasteiger partial charge is 0.383 e. The van der Waals surface area contributed by atoms with Crippen LogP contribution in [-0.2, 0) is 10.1 Å². The second kappa shape index (κ2) is 3.81. The van der Waals surface area contributed by atoms with Crippen LogP contribution in [0.4, 0.5) is 0 Å². The monoisotopic (exact) mass is 252 g/mol. The number of benzene rings is 1. The average molecular weight is 252 g/mol. The van der Waals surface area contributed by atoms with E-state index in [-0.39, 0.29) is 28.4 Å². The molecule has 0 amide bonds. The van der Waals surface area contributed by atoms with Crippen LogP contribution in [-0.4, -0.2) is 26.2 Å². The molecule has 88 valence electrons. The SMILES string of the molecule is CS(=O)(=O)Oc1ccc2c(c1)C(=O)C=CC2=O. The average Bonchev–Trinajstić information content (AvgIpc) is 2.21. The molecular weight excluding hydrogens is 244 g/mol. The van der Waals surface area contributed by atoms with E-state index >= 15 is 0 Å². The molecule has 1 aliphatic carbocycles. The first-order valence-corrected chi connectivity index (χ1v) is 6.49. The lowest BCUT2D eigenvalue weighted by Gasteiger charge is -2.10. The molecule has 0 N–H and O–H groups in total. The van der Waals surface area contributed by atoms with E-state index in [0.717, 1.165) is 12.3 Å². The predicted octanol–water partition coefficient (Wildman–Crippen LogP) is 0.960. The number of carbonyl (C=O) groups excluding carboxylic acids is 2. The molecule has 0 radical (unpaired) electrons. The van der Waals surface area contributed by atoms with Crippen LogP contribution >= 0.6 is 0 Å². The molecule has 0 saturated carbocycles. The standard InChI is InChI=1S/C11H8O5S/c1-17(14,15)16-7-2-3-8-9(6-7)11(13)5-4-10(8)12/h2-6H,1H3. The molecule has 0 aliphatic heterocycles. The van der Waals surface area contributed by atoms with Crippen molar-refractivity contribution in [3.05, 3.63) is 41.5 Å². The maximum absolute atomic E-state index is 11.5. The highest BCUT2D eigenvalue weighted by Crippen LogP contribution is 2.23. The van der Waals surface area contributed by atoms with Crippen LogP contribution < -0.4 is 4.18 Å². The van der Waals surface area contributed by atoms with Gasteiger partial charge in [-0.05, 0) is 30.4 Å². The Morgan fingerprint density at radius 1 is 1.00 bits per heavy atom. The minimum atomic E-state index is -3.65. The van der Waals surface area contributed by atoms with Crippen LogP contribution in [0.1, 0.15) is 20.7 Å². The molecule has 0 bridgehead atoms. The van der Waals surface area contributed by atoms with Crippen LogP contribution in [0.15, 0.2) is 30.4 Å². The molecule has 17 heavy (non-hydrogen) atoms. The number of fused-ring (bicyclic) bond motifs is 1. The summed E-state index contributed by atoms with van der Waals surface area (Å²) in [6.07, 6.45) is 3.23. The molecule has 0 unspecified atom stereocenters. The summed E-state index contributed by atoms with van der Waals surface area (Å²) in [6.45, 7) is 0. The smallest absolute Gasteiger partial charge is 0.306 e. The van der Waals surface area contributed by atoms with Crippen molar-refractivity contribution in [2.75, 3.05) is 6.26 Å². The van der Waals surface area contributed by atoms with E-state index in [1.54, 1.807) is 0 Å². The van der Waals surface area contributed by atoms with E-state index in [1.165, 1.54) is 24.3 Å². The topological polar surface area (TPSA) is 77.5 Å². The molecule has 1 aromatic carbocycles. The third-order valence-electron chi connectivity index (χ3n) is 2.16. The van der Waals surface area contributed by atoms with Crippen LogP contribution in [0.25, 0.3) is 0 Å². The molecule has 2 rings (SSSR count). The summed E-state index contributed by atoms with van der Waals surface area (Å²) in [6, 6.07) is 3.96. The fraction of sp³-hybridized carbons (Fsp3) is 0.0909. The van der Waals surface area contributed by atoms with Gasteiger partial charge in [0.15, 0.2) is 11.6 Å². The molecule has 6 heteroatoms. The van der Waals surface area contributed by atoms with Crippen molar-refractivity contribution < 1.29 is 22.2 Å². The van der Waals surface area contributed by atoms with E-state index in [4.69, 9.17) is 0 Å². The number of rotatable bonds is 2. The Kier molecular flexibility index (Phi) is 2.59. The lowest BCUT2D eigenvalue weighted by atomic mass is 9.95. The molecular formula is C11H8O5S. The minimum absolute atomic E-state index is 0.0164. The summed E-state index contributed by atoms with van der Waals surface area (Å²) in [4.78, 5) is 22.9. The Morgan fingerprint density at radius 3 is 2.18 bits per heavy atom. The van der Waals surface area contributed by atoms with Crippen molar-refractivity contribution in [1.82, 2.24) is 0 Å². The first kappa shape index (κ1) is 11.5. The molecule has 0 spiro atoms. The van der Waals surface area contributed by atoms with Gasteiger partial charge in [-0.1, -0.05) is 0 Å². The molecule has 1 aromatic rings. The van der Waals surface area contributed by atoms with Crippen molar-refractivity contribution in [1.29, 1.82) is 0 Å². The number of ketones is 2. The summed E-state index contributed by atoms with van der Waals surface area (Å²) in [5, 5.41) is 0. The molecule has 5 nitrogen and oxygen atoms in total. The van der Waals surface area contributed by atoms with Crippen LogP contribution in [0.2, 0.25) is 0 Å². The van der Waals surface area contributed by atoms with E-state index in [9.17, 15) is 18.0 Å². The normalized spacial score (nSPS) is 14.6. The Morgan fingerprint density at radius 2 is 1.59 bits per heavy atom. The van der Waals surface area contributed by atoms with Gasteiger partial charge in [-0.2, -0.15) is 8.42 Å². The Hall–Kier alpha value is -1.95. The summed E-state index contributed by atoms with van der Waals surface area (Å²) in [5.74, 6) is -0.619. The van der Waals surface area contributed by atoms with Crippen molar-refractivity contribution in [3.63, 3.8) is 0 Å². The van der Waals surface area contributed by atoms with Gasteiger partial charge in [-0.25, -0.2) is 0 Å². The lowest BCUT2D eigenvalue weighted by molar-refractivity contribution is 0.0994.